The van der Waals surface area contributed by atoms with Gasteiger partial charge in [0, 0.05) is 0 Å². The molecule has 2 heteroatoms. The topological polar surface area (TPSA) is 12.9 Å². The number of rotatable bonds is 3. The summed E-state index contributed by atoms with van der Waals surface area (Å²) in [5.74, 6) is 7.31. The second-order valence-electron chi connectivity index (χ2n) is 10.3. The van der Waals surface area contributed by atoms with Crippen molar-refractivity contribution in [2.45, 2.75) is 43.5 Å². The van der Waals surface area contributed by atoms with E-state index in [4.69, 9.17) is 4.98 Å². The molecule has 0 amide bonds. The van der Waals surface area contributed by atoms with Crippen LogP contribution in [0.4, 0.5) is 0 Å². The summed E-state index contributed by atoms with van der Waals surface area (Å²) in [6, 6.07) is 26.8. The Kier molecular flexibility index (Phi) is 5.36. The van der Waals surface area contributed by atoms with E-state index in [1.165, 1.54) is 37.4 Å². The monoisotopic (exact) mass is 455 g/mol. The first-order valence-corrected chi connectivity index (χ1v) is 18.1. The van der Waals surface area contributed by atoms with E-state index in [0.29, 0.717) is 0 Å². The average Bonchev–Trinajstić information content (AvgIpc) is 2.72. The van der Waals surface area contributed by atoms with Crippen molar-refractivity contribution in [3.8, 4) is 22.4 Å². The zero-order valence-corrected chi connectivity index (χ0v) is 21.1. The summed E-state index contributed by atoms with van der Waals surface area (Å²) in [6.45, 7) is 6.84. The molecular formula is C28H31GeN. The Bertz CT molecular complexity index is 1190. The minimum absolute atomic E-state index is 0.0707. The molecule has 4 aromatic rings. The summed E-state index contributed by atoms with van der Waals surface area (Å²) >= 11 is -1.79. The van der Waals surface area contributed by atoms with Crippen molar-refractivity contribution in [3.05, 3.63) is 84.6 Å². The van der Waals surface area contributed by atoms with Gasteiger partial charge in [0.05, 0.1) is 0 Å². The maximum atomic E-state index is 4.73. The average molecular weight is 454 g/mol. The van der Waals surface area contributed by atoms with E-state index >= 15 is 0 Å². The SMILES string of the molecule is CC(C)(C)c1cc(-c2cc(-c3cc[c]([Ge]([CH3])([CH3])[CH3])cc3)ccn2)cc2ccccc12. The quantitative estimate of drug-likeness (QED) is 0.294. The fourth-order valence-corrected chi connectivity index (χ4v) is 6.46. The molecule has 0 spiro atoms. The van der Waals surface area contributed by atoms with Gasteiger partial charge < -0.3 is 0 Å². The van der Waals surface area contributed by atoms with Gasteiger partial charge in [-0.25, -0.2) is 0 Å². The van der Waals surface area contributed by atoms with Gasteiger partial charge in [0.25, 0.3) is 0 Å². The van der Waals surface area contributed by atoms with Crippen molar-refractivity contribution >= 4 is 28.4 Å². The van der Waals surface area contributed by atoms with Crippen LogP contribution in [0.3, 0.4) is 0 Å². The number of pyridine rings is 1. The fraction of sp³-hybridized carbons (Fsp3) is 0.250. The van der Waals surface area contributed by atoms with Gasteiger partial charge in [0.15, 0.2) is 0 Å². The van der Waals surface area contributed by atoms with Gasteiger partial charge in [0.1, 0.15) is 0 Å². The summed E-state index contributed by atoms with van der Waals surface area (Å²) in [6.07, 6.45) is 1.94. The molecule has 0 bridgehead atoms. The van der Waals surface area contributed by atoms with E-state index in [9.17, 15) is 0 Å². The molecule has 0 unspecified atom stereocenters. The molecule has 0 saturated carbocycles. The molecule has 4 rings (SSSR count). The zero-order chi connectivity index (χ0) is 21.5. The molecule has 0 aliphatic rings. The zero-order valence-electron chi connectivity index (χ0n) is 19.0. The standard InChI is InChI=1S/C28H31GeN/c1-28(2,3)26-18-23(17-22-9-7-8-10-25(22)26)27-19-21(15-16-30-27)20-11-13-24(14-12-20)29(4,5)6/h7-19H,1-6H3. The van der Waals surface area contributed by atoms with Crippen LogP contribution < -0.4 is 4.40 Å². The Morgan fingerprint density at radius 1 is 0.700 bits per heavy atom. The second kappa shape index (κ2) is 7.70. The maximum absolute atomic E-state index is 4.73. The Morgan fingerprint density at radius 3 is 2.07 bits per heavy atom. The first kappa shape index (κ1) is 20.9. The number of nitrogens with zero attached hydrogens (tertiary/aromatic N) is 1. The predicted molar refractivity (Wildman–Crippen MR) is 134 cm³/mol. The third kappa shape index (κ3) is 4.22. The van der Waals surface area contributed by atoms with E-state index in [1.54, 1.807) is 0 Å². The molecule has 30 heavy (non-hydrogen) atoms. The van der Waals surface area contributed by atoms with Crippen LogP contribution >= 0.6 is 0 Å². The van der Waals surface area contributed by atoms with Crippen LogP contribution in [0.15, 0.2) is 79.0 Å². The Balaban J connectivity index is 1.80. The van der Waals surface area contributed by atoms with Crippen LogP contribution in [0.2, 0.25) is 17.3 Å². The van der Waals surface area contributed by atoms with Crippen LogP contribution in [0.25, 0.3) is 33.2 Å². The summed E-state index contributed by atoms with van der Waals surface area (Å²) in [5.41, 5.74) is 6.12. The molecule has 0 saturated heterocycles. The molecule has 0 N–H and O–H groups in total. The predicted octanol–water partition coefficient (Wildman–Crippen LogP) is 7.41. The molecule has 1 heterocycles. The van der Waals surface area contributed by atoms with E-state index in [-0.39, 0.29) is 5.41 Å². The number of benzene rings is 3. The van der Waals surface area contributed by atoms with Crippen LogP contribution in [0.1, 0.15) is 26.3 Å². The van der Waals surface area contributed by atoms with Gasteiger partial charge in [-0.3, -0.25) is 0 Å². The number of fused-ring (bicyclic) bond motifs is 1. The molecule has 1 nitrogen and oxygen atoms in total. The van der Waals surface area contributed by atoms with Gasteiger partial charge in [0.2, 0.25) is 0 Å². The van der Waals surface area contributed by atoms with Crippen LogP contribution in [0, 0.1) is 0 Å². The normalized spacial score (nSPS) is 12.3. The molecule has 0 fully saturated rings. The third-order valence-electron chi connectivity index (χ3n) is 5.81. The minimum atomic E-state index is -1.79. The van der Waals surface area contributed by atoms with E-state index in [1.807, 2.05) is 6.20 Å². The van der Waals surface area contributed by atoms with Crippen molar-refractivity contribution in [1.29, 1.82) is 0 Å². The number of hydrogen-bond acceptors (Lipinski definition) is 1. The Morgan fingerprint density at radius 2 is 1.40 bits per heavy atom. The first-order valence-electron chi connectivity index (χ1n) is 10.7. The third-order valence-corrected chi connectivity index (χ3v) is 10.1. The summed E-state index contributed by atoms with van der Waals surface area (Å²) in [4.78, 5) is 4.73. The van der Waals surface area contributed by atoms with Gasteiger partial charge in [-0.05, 0) is 0 Å². The first-order chi connectivity index (χ1) is 14.1. The molecule has 152 valence electrons. The summed E-state index contributed by atoms with van der Waals surface area (Å²) < 4.78 is 1.54. The molecule has 0 atom stereocenters. The summed E-state index contributed by atoms with van der Waals surface area (Å²) in [7, 11) is 0. The molecule has 1 aromatic heterocycles. The molecular weight excluding hydrogens is 423 g/mol. The molecule has 3 aromatic carbocycles. The van der Waals surface area contributed by atoms with Crippen molar-refractivity contribution in [1.82, 2.24) is 4.98 Å². The van der Waals surface area contributed by atoms with E-state index < -0.39 is 13.3 Å². The summed E-state index contributed by atoms with van der Waals surface area (Å²) in [5, 5.41) is 2.60. The molecule has 0 aliphatic carbocycles. The van der Waals surface area contributed by atoms with Gasteiger partial charge in [-0.1, -0.05) is 6.07 Å². The second-order valence-corrected chi connectivity index (χ2v) is 20.9. The van der Waals surface area contributed by atoms with Crippen molar-refractivity contribution < 1.29 is 0 Å². The van der Waals surface area contributed by atoms with Crippen molar-refractivity contribution in [2.24, 2.45) is 0 Å². The van der Waals surface area contributed by atoms with Crippen molar-refractivity contribution in [3.63, 3.8) is 0 Å². The van der Waals surface area contributed by atoms with Crippen molar-refractivity contribution in [2.75, 3.05) is 0 Å². The van der Waals surface area contributed by atoms with Gasteiger partial charge in [-0.2, -0.15) is 0 Å². The molecule has 0 radical (unpaired) electrons. The van der Waals surface area contributed by atoms with Crippen LogP contribution in [-0.4, -0.2) is 18.3 Å². The van der Waals surface area contributed by atoms with E-state index in [0.717, 1.165) is 5.69 Å². The fourth-order valence-electron chi connectivity index (χ4n) is 4.01. The van der Waals surface area contributed by atoms with Gasteiger partial charge >= 0.3 is 178 Å². The number of hydrogen-bond donors (Lipinski definition) is 0. The Hall–Kier alpha value is -2.39. The van der Waals surface area contributed by atoms with Crippen LogP contribution in [0.5, 0.6) is 0 Å². The van der Waals surface area contributed by atoms with Gasteiger partial charge in [-0.15, -0.1) is 0 Å². The van der Waals surface area contributed by atoms with E-state index in [2.05, 4.69) is 111 Å². The number of aromatic nitrogens is 1. The Labute approximate surface area is 183 Å². The van der Waals surface area contributed by atoms with Crippen LogP contribution in [-0.2, 0) is 5.41 Å². The molecule has 0 aliphatic heterocycles.